The van der Waals surface area contributed by atoms with Gasteiger partial charge in [-0.05, 0) is 37.8 Å². The lowest BCUT2D eigenvalue weighted by atomic mass is 9.81. The number of hydrogen-bond acceptors (Lipinski definition) is 2. The van der Waals surface area contributed by atoms with E-state index in [0.29, 0.717) is 6.04 Å². The zero-order valence-electron chi connectivity index (χ0n) is 9.37. The molecule has 0 aromatic heterocycles. The third-order valence-electron chi connectivity index (χ3n) is 3.12. The Hall–Kier alpha value is -0.860. The summed E-state index contributed by atoms with van der Waals surface area (Å²) in [5.41, 5.74) is 8.45. The average molecular weight is 204 g/mol. The van der Waals surface area contributed by atoms with Gasteiger partial charge in [0.15, 0.2) is 0 Å². The summed E-state index contributed by atoms with van der Waals surface area (Å²) < 4.78 is 0. The topological polar surface area (TPSA) is 38.0 Å². The van der Waals surface area contributed by atoms with Gasteiger partial charge in [0.2, 0.25) is 0 Å². The standard InChI is InChI=1S/C13H20N2/c1-10-3-2-4-11(5-10)8-15-9-12-6-13(14)7-12/h2-5,12-13,15H,6-9,14H2,1H3. The predicted octanol–water partition coefficient (Wildman–Crippen LogP) is 1.82. The smallest absolute Gasteiger partial charge is 0.0205 e. The highest BCUT2D eigenvalue weighted by Crippen LogP contribution is 2.24. The maximum absolute atomic E-state index is 5.74. The van der Waals surface area contributed by atoms with Gasteiger partial charge in [0.25, 0.3) is 0 Å². The molecular weight excluding hydrogens is 184 g/mol. The van der Waals surface area contributed by atoms with Crippen LogP contribution in [-0.4, -0.2) is 12.6 Å². The highest BCUT2D eigenvalue weighted by Gasteiger charge is 2.24. The Morgan fingerprint density at radius 1 is 1.40 bits per heavy atom. The normalized spacial score (nSPS) is 24.9. The number of nitrogens with two attached hydrogens (primary N) is 1. The van der Waals surface area contributed by atoms with Crippen LogP contribution in [-0.2, 0) is 6.54 Å². The van der Waals surface area contributed by atoms with E-state index >= 15 is 0 Å². The first kappa shape index (κ1) is 10.7. The van der Waals surface area contributed by atoms with Crippen LogP contribution >= 0.6 is 0 Å². The summed E-state index contributed by atoms with van der Waals surface area (Å²) >= 11 is 0. The molecule has 0 amide bonds. The summed E-state index contributed by atoms with van der Waals surface area (Å²) in [6.45, 7) is 4.23. The molecule has 1 fully saturated rings. The van der Waals surface area contributed by atoms with Gasteiger partial charge in [0.1, 0.15) is 0 Å². The molecule has 0 saturated heterocycles. The Bertz CT molecular complexity index is 316. The lowest BCUT2D eigenvalue weighted by Crippen LogP contribution is -2.41. The molecule has 1 saturated carbocycles. The van der Waals surface area contributed by atoms with Crippen molar-refractivity contribution in [3.63, 3.8) is 0 Å². The van der Waals surface area contributed by atoms with Crippen molar-refractivity contribution in [3.8, 4) is 0 Å². The number of hydrogen-bond donors (Lipinski definition) is 2. The first-order chi connectivity index (χ1) is 7.24. The molecule has 1 aromatic carbocycles. The van der Waals surface area contributed by atoms with Crippen LogP contribution in [0.15, 0.2) is 24.3 Å². The van der Waals surface area contributed by atoms with Crippen LogP contribution in [0.4, 0.5) is 0 Å². The van der Waals surface area contributed by atoms with Crippen molar-refractivity contribution in [2.24, 2.45) is 11.7 Å². The minimum atomic E-state index is 0.468. The summed E-state index contributed by atoms with van der Waals surface area (Å²) in [4.78, 5) is 0. The first-order valence-electron chi connectivity index (χ1n) is 5.76. The first-order valence-corrected chi connectivity index (χ1v) is 5.76. The number of nitrogens with one attached hydrogen (secondary N) is 1. The Morgan fingerprint density at radius 2 is 2.20 bits per heavy atom. The molecule has 82 valence electrons. The summed E-state index contributed by atoms with van der Waals surface area (Å²) in [5, 5.41) is 3.50. The maximum atomic E-state index is 5.74. The van der Waals surface area contributed by atoms with Gasteiger partial charge < -0.3 is 11.1 Å². The summed E-state index contributed by atoms with van der Waals surface area (Å²) in [6.07, 6.45) is 2.39. The Kier molecular flexibility index (Phi) is 3.39. The molecular formula is C13H20N2. The molecule has 0 bridgehead atoms. The van der Waals surface area contributed by atoms with E-state index in [1.54, 1.807) is 0 Å². The molecule has 0 spiro atoms. The second-order valence-electron chi connectivity index (χ2n) is 4.72. The molecule has 0 radical (unpaired) electrons. The van der Waals surface area contributed by atoms with Crippen molar-refractivity contribution in [1.82, 2.24) is 5.32 Å². The minimum absolute atomic E-state index is 0.468. The molecule has 1 aromatic rings. The van der Waals surface area contributed by atoms with Crippen LogP contribution < -0.4 is 11.1 Å². The van der Waals surface area contributed by atoms with Crippen molar-refractivity contribution in [3.05, 3.63) is 35.4 Å². The Balaban J connectivity index is 1.69. The maximum Gasteiger partial charge on any atom is 0.0205 e. The number of rotatable bonds is 4. The molecule has 1 aliphatic rings. The molecule has 2 heteroatoms. The fourth-order valence-electron chi connectivity index (χ4n) is 2.20. The molecule has 3 N–H and O–H groups in total. The van der Waals surface area contributed by atoms with E-state index in [-0.39, 0.29) is 0 Å². The predicted molar refractivity (Wildman–Crippen MR) is 63.6 cm³/mol. The van der Waals surface area contributed by atoms with Crippen LogP contribution in [0.5, 0.6) is 0 Å². The second kappa shape index (κ2) is 4.77. The van der Waals surface area contributed by atoms with Crippen LogP contribution in [0, 0.1) is 12.8 Å². The Morgan fingerprint density at radius 3 is 2.87 bits per heavy atom. The SMILES string of the molecule is Cc1cccc(CNCC2CC(N)C2)c1. The van der Waals surface area contributed by atoms with Crippen molar-refractivity contribution in [1.29, 1.82) is 0 Å². The summed E-state index contributed by atoms with van der Waals surface area (Å²) in [5.74, 6) is 0.810. The highest BCUT2D eigenvalue weighted by molar-refractivity contribution is 5.21. The fourth-order valence-corrected chi connectivity index (χ4v) is 2.20. The lowest BCUT2D eigenvalue weighted by molar-refractivity contribution is 0.256. The van der Waals surface area contributed by atoms with Gasteiger partial charge in [-0.2, -0.15) is 0 Å². The van der Waals surface area contributed by atoms with Crippen molar-refractivity contribution < 1.29 is 0 Å². The van der Waals surface area contributed by atoms with E-state index in [1.807, 2.05) is 0 Å². The van der Waals surface area contributed by atoms with E-state index in [0.717, 1.165) is 19.0 Å². The highest BCUT2D eigenvalue weighted by atomic mass is 14.9. The van der Waals surface area contributed by atoms with Crippen LogP contribution in [0.25, 0.3) is 0 Å². The molecule has 1 aliphatic carbocycles. The van der Waals surface area contributed by atoms with Crippen LogP contribution in [0.3, 0.4) is 0 Å². The average Bonchev–Trinajstić information content (AvgIpc) is 2.15. The van der Waals surface area contributed by atoms with E-state index in [1.165, 1.54) is 24.0 Å². The third-order valence-corrected chi connectivity index (χ3v) is 3.12. The number of benzene rings is 1. The van der Waals surface area contributed by atoms with Gasteiger partial charge in [0, 0.05) is 12.6 Å². The molecule has 0 atom stereocenters. The van der Waals surface area contributed by atoms with Gasteiger partial charge >= 0.3 is 0 Å². The lowest BCUT2D eigenvalue weighted by Gasteiger charge is -2.32. The quantitative estimate of drug-likeness (QED) is 0.785. The summed E-state index contributed by atoms with van der Waals surface area (Å²) in [7, 11) is 0. The van der Waals surface area contributed by atoms with Crippen molar-refractivity contribution in [2.75, 3.05) is 6.54 Å². The van der Waals surface area contributed by atoms with Crippen LogP contribution in [0.2, 0.25) is 0 Å². The largest absolute Gasteiger partial charge is 0.328 e. The molecule has 2 rings (SSSR count). The molecule has 0 unspecified atom stereocenters. The Labute approximate surface area is 91.9 Å². The second-order valence-corrected chi connectivity index (χ2v) is 4.72. The summed E-state index contributed by atoms with van der Waals surface area (Å²) in [6, 6.07) is 9.13. The van der Waals surface area contributed by atoms with Crippen LogP contribution in [0.1, 0.15) is 24.0 Å². The third kappa shape index (κ3) is 3.05. The van der Waals surface area contributed by atoms with Gasteiger partial charge in [-0.15, -0.1) is 0 Å². The minimum Gasteiger partial charge on any atom is -0.328 e. The number of aryl methyl sites for hydroxylation is 1. The molecule has 0 heterocycles. The van der Waals surface area contributed by atoms with Gasteiger partial charge in [-0.25, -0.2) is 0 Å². The monoisotopic (exact) mass is 204 g/mol. The van der Waals surface area contributed by atoms with E-state index in [9.17, 15) is 0 Å². The van der Waals surface area contributed by atoms with Gasteiger partial charge in [-0.1, -0.05) is 29.8 Å². The molecule has 0 aliphatic heterocycles. The van der Waals surface area contributed by atoms with E-state index in [4.69, 9.17) is 5.73 Å². The fraction of sp³-hybridized carbons (Fsp3) is 0.538. The van der Waals surface area contributed by atoms with Gasteiger partial charge in [0.05, 0.1) is 0 Å². The molecule has 15 heavy (non-hydrogen) atoms. The zero-order chi connectivity index (χ0) is 10.7. The van der Waals surface area contributed by atoms with Crippen molar-refractivity contribution in [2.45, 2.75) is 32.4 Å². The van der Waals surface area contributed by atoms with E-state index in [2.05, 4.69) is 36.5 Å². The zero-order valence-corrected chi connectivity index (χ0v) is 9.37. The van der Waals surface area contributed by atoms with Gasteiger partial charge in [-0.3, -0.25) is 0 Å². The molecule has 2 nitrogen and oxygen atoms in total. The van der Waals surface area contributed by atoms with Crippen molar-refractivity contribution >= 4 is 0 Å². The van der Waals surface area contributed by atoms with E-state index < -0.39 is 0 Å².